The predicted molar refractivity (Wildman–Crippen MR) is 96.2 cm³/mol. The summed E-state index contributed by atoms with van der Waals surface area (Å²) in [5.74, 6) is -0.915. The Balaban J connectivity index is 1.89. The zero-order chi connectivity index (χ0) is 20.3. The van der Waals surface area contributed by atoms with E-state index in [1.807, 2.05) is 0 Å². The van der Waals surface area contributed by atoms with Crippen molar-refractivity contribution >= 4 is 27.6 Å². The van der Waals surface area contributed by atoms with Crippen molar-refractivity contribution in [3.8, 4) is 11.5 Å². The van der Waals surface area contributed by atoms with Gasteiger partial charge in [0.15, 0.2) is 6.61 Å². The number of sulfonamides is 1. The Kier molecular flexibility index (Phi) is 5.52. The maximum atomic E-state index is 12.8. The number of amides is 1. The van der Waals surface area contributed by atoms with Crippen molar-refractivity contribution in [2.45, 2.75) is 17.4 Å². The van der Waals surface area contributed by atoms with Gasteiger partial charge < -0.3 is 24.7 Å². The predicted octanol–water partition coefficient (Wildman–Crippen LogP) is 0.186. The maximum Gasteiger partial charge on any atom is 0.262 e. The molecule has 1 heterocycles. The van der Waals surface area contributed by atoms with Crippen molar-refractivity contribution in [3.63, 3.8) is 0 Å². The molecular weight excluding hydrogens is 388 g/mol. The molecule has 0 aliphatic carbocycles. The van der Waals surface area contributed by atoms with Gasteiger partial charge in [-0.15, -0.1) is 0 Å². The third-order valence-corrected chi connectivity index (χ3v) is 5.55. The number of rotatable bonds is 7. The SMILES string of the molecule is COc1ccc([C@H](CC(=O)[O-])NS(=O)(=O)c2ccc3c(c2)NC(=O)CO3)cc1. The third kappa shape index (κ3) is 4.41. The number of fused-ring (bicyclic) bond motifs is 1. The molecule has 2 aromatic carbocycles. The molecule has 0 saturated heterocycles. The fourth-order valence-electron chi connectivity index (χ4n) is 2.72. The Labute approximate surface area is 161 Å². The van der Waals surface area contributed by atoms with E-state index < -0.39 is 34.4 Å². The van der Waals surface area contributed by atoms with Crippen LogP contribution in [0.5, 0.6) is 11.5 Å². The molecule has 1 aliphatic heterocycles. The molecule has 1 atom stereocenters. The van der Waals surface area contributed by atoms with Crippen LogP contribution in [-0.2, 0) is 19.6 Å². The smallest absolute Gasteiger partial charge is 0.262 e. The molecule has 0 radical (unpaired) electrons. The number of aliphatic carboxylic acids is 1. The summed E-state index contributed by atoms with van der Waals surface area (Å²) in [4.78, 5) is 22.4. The number of carboxylic acid groups (broad SMARTS) is 1. The lowest BCUT2D eigenvalue weighted by atomic mass is 10.0. The fourth-order valence-corrected chi connectivity index (χ4v) is 3.97. The zero-order valence-electron chi connectivity index (χ0n) is 14.8. The van der Waals surface area contributed by atoms with Gasteiger partial charge in [0.05, 0.1) is 23.7 Å². The highest BCUT2D eigenvalue weighted by molar-refractivity contribution is 7.89. The summed E-state index contributed by atoms with van der Waals surface area (Å²) in [6, 6.07) is 9.25. The highest BCUT2D eigenvalue weighted by atomic mass is 32.2. The molecule has 148 valence electrons. The first-order valence-electron chi connectivity index (χ1n) is 8.21. The number of anilines is 1. The largest absolute Gasteiger partial charge is 0.550 e. The van der Waals surface area contributed by atoms with Gasteiger partial charge in [-0.3, -0.25) is 4.79 Å². The molecule has 0 bridgehead atoms. The Morgan fingerprint density at radius 1 is 1.29 bits per heavy atom. The summed E-state index contributed by atoms with van der Waals surface area (Å²) < 4.78 is 38.2. The minimum absolute atomic E-state index is 0.145. The molecule has 0 unspecified atom stereocenters. The van der Waals surface area contributed by atoms with Gasteiger partial charge in [-0.05, 0) is 35.9 Å². The average molecular weight is 405 g/mol. The summed E-state index contributed by atoms with van der Waals surface area (Å²) in [5, 5.41) is 13.6. The molecular formula is C18H17N2O7S-. The van der Waals surface area contributed by atoms with Gasteiger partial charge in [0, 0.05) is 12.4 Å². The number of carboxylic acids is 1. The molecule has 9 nitrogen and oxygen atoms in total. The molecule has 28 heavy (non-hydrogen) atoms. The second-order valence-electron chi connectivity index (χ2n) is 6.02. The van der Waals surface area contributed by atoms with E-state index in [1.54, 1.807) is 24.3 Å². The summed E-state index contributed by atoms with van der Waals surface area (Å²) in [6.45, 7) is -0.150. The van der Waals surface area contributed by atoms with Gasteiger partial charge >= 0.3 is 0 Å². The van der Waals surface area contributed by atoms with Crippen LogP contribution in [0.4, 0.5) is 5.69 Å². The second-order valence-corrected chi connectivity index (χ2v) is 7.73. The van der Waals surface area contributed by atoms with Crippen LogP contribution in [-0.4, -0.2) is 34.0 Å². The van der Waals surface area contributed by atoms with Crippen LogP contribution in [0.3, 0.4) is 0 Å². The molecule has 0 spiro atoms. The van der Waals surface area contributed by atoms with Crippen LogP contribution >= 0.6 is 0 Å². The topological polar surface area (TPSA) is 134 Å². The first-order chi connectivity index (χ1) is 13.3. The molecule has 10 heteroatoms. The van der Waals surface area contributed by atoms with E-state index in [0.29, 0.717) is 17.1 Å². The van der Waals surface area contributed by atoms with Crippen molar-refractivity contribution in [1.82, 2.24) is 4.72 Å². The Morgan fingerprint density at radius 3 is 2.64 bits per heavy atom. The second kappa shape index (κ2) is 7.87. The van der Waals surface area contributed by atoms with E-state index in [1.165, 1.54) is 25.3 Å². The minimum atomic E-state index is -4.10. The number of nitrogens with one attached hydrogen (secondary N) is 2. The van der Waals surface area contributed by atoms with Crippen molar-refractivity contribution in [1.29, 1.82) is 0 Å². The molecule has 1 amide bonds. The number of ether oxygens (including phenoxy) is 2. The van der Waals surface area contributed by atoms with Gasteiger partial charge in [-0.1, -0.05) is 12.1 Å². The van der Waals surface area contributed by atoms with Gasteiger partial charge in [0.1, 0.15) is 11.5 Å². The number of hydrogen-bond donors (Lipinski definition) is 2. The average Bonchev–Trinajstić information content (AvgIpc) is 2.66. The van der Waals surface area contributed by atoms with E-state index in [9.17, 15) is 23.1 Å². The third-order valence-electron chi connectivity index (χ3n) is 4.08. The van der Waals surface area contributed by atoms with Crippen molar-refractivity contribution in [3.05, 3.63) is 48.0 Å². The number of methoxy groups -OCH3 is 1. The summed E-state index contributed by atoms with van der Waals surface area (Å²) in [7, 11) is -2.62. The standard InChI is InChI=1S/C18H18N2O7S/c1-26-12-4-2-11(3-5-12)14(9-18(22)23)20-28(24,25)13-6-7-16-15(8-13)19-17(21)10-27-16/h2-8,14,20H,9-10H2,1H3,(H,19,21)(H,22,23)/p-1/t14-/m0/s1. The Bertz CT molecular complexity index is 1000. The highest BCUT2D eigenvalue weighted by Gasteiger charge is 2.24. The molecule has 2 aromatic rings. The maximum absolute atomic E-state index is 12.8. The summed E-state index contributed by atoms with van der Waals surface area (Å²) in [6.07, 6.45) is -0.559. The van der Waals surface area contributed by atoms with Crippen molar-refractivity contribution in [2.75, 3.05) is 19.0 Å². The van der Waals surface area contributed by atoms with E-state index in [2.05, 4.69) is 10.0 Å². The Hall–Kier alpha value is -3.11. The monoisotopic (exact) mass is 405 g/mol. The van der Waals surface area contributed by atoms with Gasteiger partial charge in [-0.25, -0.2) is 13.1 Å². The molecule has 3 rings (SSSR count). The molecule has 1 aliphatic rings. The van der Waals surface area contributed by atoms with Gasteiger partial charge in [0.2, 0.25) is 10.0 Å². The number of benzene rings is 2. The number of hydrogen-bond acceptors (Lipinski definition) is 7. The van der Waals surface area contributed by atoms with Gasteiger partial charge in [-0.2, -0.15) is 0 Å². The highest BCUT2D eigenvalue weighted by Crippen LogP contribution is 2.31. The lowest BCUT2D eigenvalue weighted by Gasteiger charge is -2.22. The molecule has 2 N–H and O–H groups in total. The number of carbonyl (C=O) groups excluding carboxylic acids is 2. The van der Waals surface area contributed by atoms with Crippen LogP contribution in [0.2, 0.25) is 0 Å². The van der Waals surface area contributed by atoms with Crippen molar-refractivity contribution < 1.29 is 32.6 Å². The van der Waals surface area contributed by atoms with Crippen LogP contribution in [0, 0.1) is 0 Å². The normalized spacial score (nSPS) is 14.4. The van der Waals surface area contributed by atoms with E-state index >= 15 is 0 Å². The van der Waals surface area contributed by atoms with Crippen LogP contribution in [0.1, 0.15) is 18.0 Å². The number of carbonyl (C=O) groups is 2. The summed E-state index contributed by atoms with van der Waals surface area (Å²) >= 11 is 0. The lowest BCUT2D eigenvalue weighted by molar-refractivity contribution is -0.306. The molecule has 0 fully saturated rings. The lowest BCUT2D eigenvalue weighted by Crippen LogP contribution is -2.34. The van der Waals surface area contributed by atoms with E-state index in [4.69, 9.17) is 9.47 Å². The molecule has 0 saturated carbocycles. The first kappa shape index (κ1) is 19.6. The minimum Gasteiger partial charge on any atom is -0.550 e. The molecule has 0 aromatic heterocycles. The first-order valence-corrected chi connectivity index (χ1v) is 9.69. The Morgan fingerprint density at radius 2 is 2.00 bits per heavy atom. The van der Waals surface area contributed by atoms with Crippen LogP contribution < -0.4 is 24.6 Å². The van der Waals surface area contributed by atoms with Crippen molar-refractivity contribution in [2.24, 2.45) is 0 Å². The van der Waals surface area contributed by atoms with E-state index in [-0.39, 0.29) is 17.2 Å². The zero-order valence-corrected chi connectivity index (χ0v) is 15.6. The van der Waals surface area contributed by atoms with E-state index in [0.717, 1.165) is 0 Å². The fraction of sp³-hybridized carbons (Fsp3) is 0.222. The quantitative estimate of drug-likeness (QED) is 0.671. The summed E-state index contributed by atoms with van der Waals surface area (Å²) in [5.41, 5.74) is 0.656. The van der Waals surface area contributed by atoms with Gasteiger partial charge in [0.25, 0.3) is 5.91 Å². The van der Waals surface area contributed by atoms with Crippen LogP contribution in [0.25, 0.3) is 0 Å². The van der Waals surface area contributed by atoms with Crippen LogP contribution in [0.15, 0.2) is 47.4 Å².